The minimum absolute atomic E-state index is 0.286. The molecule has 0 aliphatic carbocycles. The maximum Gasteiger partial charge on any atom is 0.305 e. The lowest BCUT2D eigenvalue weighted by Gasteiger charge is -2.27. The first-order valence-electron chi connectivity index (χ1n) is 4.33. The van der Waals surface area contributed by atoms with Gasteiger partial charge in [-0.25, -0.2) is 0 Å². The lowest BCUT2D eigenvalue weighted by atomic mass is 9.93. The highest BCUT2D eigenvalue weighted by molar-refractivity contribution is 5.38. The molecule has 5 heteroatoms. The largest absolute Gasteiger partial charge is 0.315 e. The molecule has 0 radical (unpaired) electrons. The highest BCUT2D eigenvalue weighted by atomic mass is 19.1. The van der Waals surface area contributed by atoms with Crippen molar-refractivity contribution in [2.24, 2.45) is 0 Å². The number of benzene rings is 1. The third-order valence-electron chi connectivity index (χ3n) is 2.42. The van der Waals surface area contributed by atoms with E-state index in [-0.39, 0.29) is 5.92 Å². The number of halogens is 1. The van der Waals surface area contributed by atoms with Crippen LogP contribution < -0.4 is 5.32 Å². The zero-order chi connectivity index (χ0) is 10.1. The van der Waals surface area contributed by atoms with Crippen molar-refractivity contribution >= 4 is 5.69 Å². The third-order valence-corrected chi connectivity index (χ3v) is 2.42. The Morgan fingerprint density at radius 1 is 1.50 bits per heavy atom. The first-order valence-corrected chi connectivity index (χ1v) is 4.33. The quantitative estimate of drug-likeness (QED) is 0.575. The summed E-state index contributed by atoms with van der Waals surface area (Å²) in [5.74, 6) is -0.486. The Labute approximate surface area is 79.9 Å². The van der Waals surface area contributed by atoms with E-state index in [0.29, 0.717) is 0 Å². The van der Waals surface area contributed by atoms with Gasteiger partial charge in [-0.3, -0.25) is 10.1 Å². The predicted octanol–water partition coefficient (Wildman–Crippen LogP) is 1.42. The summed E-state index contributed by atoms with van der Waals surface area (Å²) in [4.78, 5) is 9.76. The van der Waals surface area contributed by atoms with E-state index in [1.807, 2.05) is 0 Å². The van der Waals surface area contributed by atoms with Crippen LogP contribution in [0.25, 0.3) is 0 Å². The number of nitrogens with zero attached hydrogens (tertiary/aromatic N) is 1. The van der Waals surface area contributed by atoms with Crippen molar-refractivity contribution in [3.8, 4) is 0 Å². The van der Waals surface area contributed by atoms with Gasteiger partial charge in [0.25, 0.3) is 0 Å². The molecule has 2 rings (SSSR count). The summed E-state index contributed by atoms with van der Waals surface area (Å²) in [7, 11) is 0. The fourth-order valence-corrected chi connectivity index (χ4v) is 1.45. The summed E-state index contributed by atoms with van der Waals surface area (Å²) in [5.41, 5.74) is 0.395. The molecule has 0 bridgehead atoms. The maximum absolute atomic E-state index is 12.9. The lowest BCUT2D eigenvalue weighted by molar-refractivity contribution is -0.387. The van der Waals surface area contributed by atoms with Gasteiger partial charge in [-0.15, -0.1) is 0 Å². The van der Waals surface area contributed by atoms with E-state index in [4.69, 9.17) is 0 Å². The Hall–Kier alpha value is -1.49. The Balaban J connectivity index is 2.34. The predicted molar refractivity (Wildman–Crippen MR) is 48.7 cm³/mol. The number of nitro groups is 1. The molecule has 1 aliphatic rings. The Kier molecular flexibility index (Phi) is 2.17. The topological polar surface area (TPSA) is 55.2 Å². The monoisotopic (exact) mass is 196 g/mol. The molecule has 1 N–H and O–H groups in total. The number of nitro benzene ring substituents is 1. The SMILES string of the molecule is O=[N+]([O-])c1cc(C2CNC2)ccc1F. The normalized spacial score (nSPS) is 16.4. The summed E-state index contributed by atoms with van der Waals surface area (Å²) < 4.78 is 12.9. The number of hydrogen-bond acceptors (Lipinski definition) is 3. The van der Waals surface area contributed by atoms with Gasteiger partial charge in [0.1, 0.15) is 0 Å². The van der Waals surface area contributed by atoms with E-state index in [0.717, 1.165) is 24.7 Å². The molecule has 14 heavy (non-hydrogen) atoms. The second-order valence-corrected chi connectivity index (χ2v) is 3.32. The Morgan fingerprint density at radius 3 is 2.71 bits per heavy atom. The van der Waals surface area contributed by atoms with Crippen molar-refractivity contribution in [1.29, 1.82) is 0 Å². The molecular formula is C9H9FN2O2. The van der Waals surface area contributed by atoms with Crippen LogP contribution in [0, 0.1) is 15.9 Å². The van der Waals surface area contributed by atoms with Crippen LogP contribution in [0.1, 0.15) is 11.5 Å². The van der Waals surface area contributed by atoms with Gasteiger partial charge >= 0.3 is 5.69 Å². The fourth-order valence-electron chi connectivity index (χ4n) is 1.45. The summed E-state index contributed by atoms with van der Waals surface area (Å²) in [5, 5.41) is 13.5. The number of rotatable bonds is 2. The Bertz CT molecular complexity index is 377. The molecule has 1 aromatic carbocycles. The number of nitrogens with one attached hydrogen (secondary N) is 1. The molecule has 0 unspecified atom stereocenters. The van der Waals surface area contributed by atoms with Gasteiger partial charge in [0, 0.05) is 25.1 Å². The molecule has 0 saturated carbocycles. The average molecular weight is 196 g/mol. The highest BCUT2D eigenvalue weighted by Gasteiger charge is 2.22. The van der Waals surface area contributed by atoms with E-state index in [1.54, 1.807) is 6.07 Å². The van der Waals surface area contributed by atoms with E-state index < -0.39 is 16.4 Å². The van der Waals surface area contributed by atoms with Crippen molar-refractivity contribution in [3.05, 3.63) is 39.7 Å². The average Bonchev–Trinajstić information content (AvgIpc) is 2.04. The first-order chi connectivity index (χ1) is 6.68. The summed E-state index contributed by atoms with van der Waals surface area (Å²) in [6, 6.07) is 4.08. The van der Waals surface area contributed by atoms with Crippen molar-refractivity contribution in [2.45, 2.75) is 5.92 Å². The van der Waals surface area contributed by atoms with E-state index in [1.165, 1.54) is 6.07 Å². The molecule has 1 aliphatic heterocycles. The van der Waals surface area contributed by atoms with Gasteiger partial charge in [-0.2, -0.15) is 4.39 Å². The van der Waals surface area contributed by atoms with Crippen LogP contribution in [-0.4, -0.2) is 18.0 Å². The lowest BCUT2D eigenvalue weighted by Crippen LogP contribution is -2.39. The minimum atomic E-state index is -0.772. The van der Waals surface area contributed by atoms with Gasteiger partial charge in [-0.05, 0) is 11.6 Å². The molecule has 74 valence electrons. The molecule has 0 atom stereocenters. The first kappa shape index (κ1) is 9.08. The van der Waals surface area contributed by atoms with Crippen LogP contribution in [0.5, 0.6) is 0 Å². The molecule has 0 amide bonds. The second-order valence-electron chi connectivity index (χ2n) is 3.32. The molecule has 1 aromatic rings. The summed E-state index contributed by atoms with van der Waals surface area (Å²) >= 11 is 0. The molecule has 0 spiro atoms. The van der Waals surface area contributed by atoms with Crippen molar-refractivity contribution in [2.75, 3.05) is 13.1 Å². The van der Waals surface area contributed by atoms with E-state index in [9.17, 15) is 14.5 Å². The van der Waals surface area contributed by atoms with Crippen molar-refractivity contribution in [1.82, 2.24) is 5.32 Å². The van der Waals surface area contributed by atoms with Gasteiger partial charge in [-0.1, -0.05) is 6.07 Å². The van der Waals surface area contributed by atoms with Crippen molar-refractivity contribution in [3.63, 3.8) is 0 Å². The molecule has 4 nitrogen and oxygen atoms in total. The fraction of sp³-hybridized carbons (Fsp3) is 0.333. The van der Waals surface area contributed by atoms with Crippen LogP contribution in [0.2, 0.25) is 0 Å². The molecule has 0 aromatic heterocycles. The van der Waals surface area contributed by atoms with Gasteiger partial charge in [0.2, 0.25) is 5.82 Å². The zero-order valence-electron chi connectivity index (χ0n) is 7.37. The van der Waals surface area contributed by atoms with Crippen LogP contribution >= 0.6 is 0 Å². The maximum atomic E-state index is 12.9. The van der Waals surface area contributed by atoms with Crippen LogP contribution in [0.3, 0.4) is 0 Å². The van der Waals surface area contributed by atoms with Crippen LogP contribution in [0.15, 0.2) is 18.2 Å². The second kappa shape index (κ2) is 3.34. The van der Waals surface area contributed by atoms with Crippen LogP contribution in [0.4, 0.5) is 10.1 Å². The van der Waals surface area contributed by atoms with Gasteiger partial charge in [0.15, 0.2) is 0 Å². The third kappa shape index (κ3) is 1.46. The highest BCUT2D eigenvalue weighted by Crippen LogP contribution is 2.25. The van der Waals surface area contributed by atoms with Gasteiger partial charge < -0.3 is 5.32 Å². The summed E-state index contributed by atoms with van der Waals surface area (Å²) in [6.45, 7) is 1.62. The van der Waals surface area contributed by atoms with Crippen molar-refractivity contribution < 1.29 is 9.31 Å². The molecular weight excluding hydrogens is 187 g/mol. The smallest absolute Gasteiger partial charge is 0.305 e. The Morgan fingerprint density at radius 2 is 2.21 bits per heavy atom. The number of hydrogen-bond donors (Lipinski definition) is 1. The molecule has 1 saturated heterocycles. The standard InChI is InChI=1S/C9H9FN2O2/c10-8-2-1-6(7-4-11-5-7)3-9(8)12(13)14/h1-3,7,11H,4-5H2. The molecule has 1 fully saturated rings. The van der Waals surface area contributed by atoms with E-state index >= 15 is 0 Å². The summed E-state index contributed by atoms with van der Waals surface area (Å²) in [6.07, 6.45) is 0. The van der Waals surface area contributed by atoms with E-state index in [2.05, 4.69) is 5.32 Å². The van der Waals surface area contributed by atoms with Crippen LogP contribution in [-0.2, 0) is 0 Å². The zero-order valence-corrected chi connectivity index (χ0v) is 7.37. The molecule has 1 heterocycles. The minimum Gasteiger partial charge on any atom is -0.315 e. The van der Waals surface area contributed by atoms with Gasteiger partial charge in [0.05, 0.1) is 4.92 Å².